The number of amides is 2. The number of nitrogens with zero attached hydrogens (tertiary/aromatic N) is 1. The van der Waals surface area contributed by atoms with Crippen LogP contribution in [0.15, 0.2) is 42.5 Å². The summed E-state index contributed by atoms with van der Waals surface area (Å²) in [5.41, 5.74) is 1.39. The highest BCUT2D eigenvalue weighted by Crippen LogP contribution is 2.48. The zero-order valence-corrected chi connectivity index (χ0v) is 14.1. The van der Waals surface area contributed by atoms with Gasteiger partial charge >= 0.3 is 0 Å². The van der Waals surface area contributed by atoms with E-state index in [9.17, 15) is 18.4 Å². The lowest BCUT2D eigenvalue weighted by Crippen LogP contribution is -2.45. The van der Waals surface area contributed by atoms with E-state index in [4.69, 9.17) is 0 Å². The van der Waals surface area contributed by atoms with Crippen molar-refractivity contribution in [3.63, 3.8) is 0 Å². The molecule has 0 unspecified atom stereocenters. The average molecular weight is 356 g/mol. The second kappa shape index (κ2) is 6.20. The Balaban J connectivity index is 1.49. The van der Waals surface area contributed by atoms with Crippen molar-refractivity contribution in [1.82, 2.24) is 4.90 Å². The van der Waals surface area contributed by atoms with Crippen LogP contribution in [0.2, 0.25) is 0 Å². The molecule has 0 atom stereocenters. The number of halogens is 2. The van der Waals surface area contributed by atoms with Gasteiger partial charge < -0.3 is 10.2 Å². The number of anilines is 1. The van der Waals surface area contributed by atoms with Gasteiger partial charge in [-0.1, -0.05) is 24.3 Å². The van der Waals surface area contributed by atoms with Gasteiger partial charge in [0, 0.05) is 24.8 Å². The number of hydrogen-bond donors (Lipinski definition) is 1. The maximum absolute atomic E-state index is 13.3. The van der Waals surface area contributed by atoms with Crippen molar-refractivity contribution >= 4 is 17.5 Å². The Morgan fingerprint density at radius 3 is 2.42 bits per heavy atom. The van der Waals surface area contributed by atoms with E-state index >= 15 is 0 Å². The van der Waals surface area contributed by atoms with E-state index in [1.807, 2.05) is 18.2 Å². The van der Waals surface area contributed by atoms with E-state index in [1.165, 1.54) is 11.6 Å². The highest BCUT2D eigenvalue weighted by Gasteiger charge is 2.58. The summed E-state index contributed by atoms with van der Waals surface area (Å²) in [5, 5.41) is 2.56. The Morgan fingerprint density at radius 1 is 1.00 bits per heavy atom. The van der Waals surface area contributed by atoms with Gasteiger partial charge in [-0.3, -0.25) is 9.59 Å². The Bertz CT molecular complexity index is 893. The fourth-order valence-electron chi connectivity index (χ4n) is 3.46. The summed E-state index contributed by atoms with van der Waals surface area (Å²) in [6.07, 6.45) is 1.71. The zero-order chi connectivity index (χ0) is 18.3. The molecule has 2 aromatic rings. The minimum atomic E-state index is -1.09. The van der Waals surface area contributed by atoms with Crippen LogP contribution < -0.4 is 5.32 Å². The fourth-order valence-corrected chi connectivity index (χ4v) is 3.46. The molecular weight excluding hydrogens is 338 g/mol. The zero-order valence-electron chi connectivity index (χ0n) is 14.1. The predicted octanol–water partition coefficient (Wildman–Crippen LogP) is 3.27. The molecule has 1 N–H and O–H groups in total. The lowest BCUT2D eigenvalue weighted by molar-refractivity contribution is -0.143. The van der Waals surface area contributed by atoms with E-state index in [-0.39, 0.29) is 11.6 Å². The molecule has 0 bridgehead atoms. The number of benzene rings is 2. The molecule has 1 fully saturated rings. The molecule has 0 aromatic heterocycles. The first-order chi connectivity index (χ1) is 12.5. The quantitative estimate of drug-likeness (QED) is 0.858. The van der Waals surface area contributed by atoms with Gasteiger partial charge in [0.15, 0.2) is 11.6 Å². The fraction of sp³-hybridized carbons (Fsp3) is 0.300. The Morgan fingerprint density at radius 2 is 1.73 bits per heavy atom. The molecular formula is C20H18F2N2O2. The topological polar surface area (TPSA) is 49.4 Å². The van der Waals surface area contributed by atoms with Gasteiger partial charge in [0.25, 0.3) is 0 Å². The molecule has 1 heterocycles. The molecule has 6 heteroatoms. The van der Waals surface area contributed by atoms with E-state index in [2.05, 4.69) is 11.4 Å². The molecule has 0 saturated heterocycles. The van der Waals surface area contributed by atoms with Crippen LogP contribution in [-0.2, 0) is 22.6 Å². The highest BCUT2D eigenvalue weighted by molar-refractivity contribution is 6.13. The first kappa shape index (κ1) is 16.7. The van der Waals surface area contributed by atoms with Gasteiger partial charge in [-0.2, -0.15) is 0 Å². The lowest BCUT2D eigenvalue weighted by atomic mass is 9.97. The molecule has 0 spiro atoms. The SMILES string of the molecule is O=C(Nc1ccc(F)c(F)c1)C1(C(=O)N2CCc3ccccc3C2)CC1. The van der Waals surface area contributed by atoms with Gasteiger partial charge in [0.05, 0.1) is 0 Å². The maximum atomic E-state index is 13.3. The number of rotatable bonds is 3. The van der Waals surface area contributed by atoms with Gasteiger partial charge in [-0.05, 0) is 42.5 Å². The Kier molecular flexibility index (Phi) is 3.98. The Hall–Kier alpha value is -2.76. The number of carbonyl (C=O) groups excluding carboxylic acids is 2. The summed E-state index contributed by atoms with van der Waals surface area (Å²) in [6.45, 7) is 1.07. The second-order valence-electron chi connectivity index (χ2n) is 6.91. The molecule has 4 nitrogen and oxygen atoms in total. The second-order valence-corrected chi connectivity index (χ2v) is 6.91. The third kappa shape index (κ3) is 2.85. The normalized spacial score (nSPS) is 17.4. The molecule has 0 radical (unpaired) electrons. The van der Waals surface area contributed by atoms with E-state index < -0.39 is 23.0 Å². The largest absolute Gasteiger partial charge is 0.337 e. The first-order valence-corrected chi connectivity index (χ1v) is 8.62. The molecule has 2 aromatic carbocycles. The molecule has 1 aliphatic heterocycles. The van der Waals surface area contributed by atoms with Gasteiger partial charge in [-0.25, -0.2) is 8.78 Å². The van der Waals surface area contributed by atoms with Crippen LogP contribution in [-0.4, -0.2) is 23.3 Å². The van der Waals surface area contributed by atoms with Gasteiger partial charge in [0.2, 0.25) is 11.8 Å². The predicted molar refractivity (Wildman–Crippen MR) is 92.2 cm³/mol. The average Bonchev–Trinajstić information content (AvgIpc) is 3.46. The number of fused-ring (bicyclic) bond motifs is 1. The van der Waals surface area contributed by atoms with Gasteiger partial charge in [0.1, 0.15) is 5.41 Å². The van der Waals surface area contributed by atoms with Crippen molar-refractivity contribution in [2.45, 2.75) is 25.8 Å². The van der Waals surface area contributed by atoms with E-state index in [0.29, 0.717) is 25.9 Å². The van der Waals surface area contributed by atoms with Crippen LogP contribution in [0.25, 0.3) is 0 Å². The molecule has 26 heavy (non-hydrogen) atoms. The Labute approximate surface area is 149 Å². The standard InChI is InChI=1S/C20H18F2N2O2/c21-16-6-5-15(11-17(16)22)23-18(25)20(8-9-20)19(26)24-10-7-13-3-1-2-4-14(13)12-24/h1-6,11H,7-10,12H2,(H,23,25). The van der Waals surface area contributed by atoms with Crippen LogP contribution in [0.3, 0.4) is 0 Å². The van der Waals surface area contributed by atoms with Crippen LogP contribution in [0.4, 0.5) is 14.5 Å². The monoisotopic (exact) mass is 356 g/mol. The van der Waals surface area contributed by atoms with Crippen molar-refractivity contribution in [3.05, 3.63) is 65.2 Å². The third-order valence-corrected chi connectivity index (χ3v) is 5.19. The minimum absolute atomic E-state index is 0.150. The molecule has 2 amide bonds. The summed E-state index contributed by atoms with van der Waals surface area (Å²) in [5.74, 6) is -2.65. The third-order valence-electron chi connectivity index (χ3n) is 5.19. The van der Waals surface area contributed by atoms with Crippen molar-refractivity contribution in [3.8, 4) is 0 Å². The maximum Gasteiger partial charge on any atom is 0.240 e. The summed E-state index contributed by atoms with van der Waals surface area (Å²) in [7, 11) is 0. The van der Waals surface area contributed by atoms with Crippen molar-refractivity contribution in [1.29, 1.82) is 0 Å². The molecule has 4 rings (SSSR count). The van der Waals surface area contributed by atoms with E-state index in [0.717, 1.165) is 24.1 Å². The van der Waals surface area contributed by atoms with Crippen molar-refractivity contribution in [2.75, 3.05) is 11.9 Å². The number of carbonyl (C=O) groups is 2. The van der Waals surface area contributed by atoms with Gasteiger partial charge in [-0.15, -0.1) is 0 Å². The van der Waals surface area contributed by atoms with Crippen LogP contribution in [0.5, 0.6) is 0 Å². The summed E-state index contributed by atoms with van der Waals surface area (Å²) in [6, 6.07) is 11.1. The summed E-state index contributed by atoms with van der Waals surface area (Å²) >= 11 is 0. The molecule has 1 aliphatic carbocycles. The molecule has 1 saturated carbocycles. The van der Waals surface area contributed by atoms with Crippen LogP contribution >= 0.6 is 0 Å². The first-order valence-electron chi connectivity index (χ1n) is 8.62. The number of hydrogen-bond acceptors (Lipinski definition) is 2. The summed E-state index contributed by atoms with van der Waals surface area (Å²) in [4.78, 5) is 27.3. The molecule has 2 aliphatic rings. The lowest BCUT2D eigenvalue weighted by Gasteiger charge is -2.31. The smallest absolute Gasteiger partial charge is 0.240 e. The van der Waals surface area contributed by atoms with Crippen molar-refractivity contribution < 1.29 is 18.4 Å². The highest BCUT2D eigenvalue weighted by atomic mass is 19.2. The van der Waals surface area contributed by atoms with E-state index in [1.54, 1.807) is 4.90 Å². The van der Waals surface area contributed by atoms with Crippen LogP contribution in [0.1, 0.15) is 24.0 Å². The number of nitrogens with one attached hydrogen (secondary N) is 1. The van der Waals surface area contributed by atoms with Crippen molar-refractivity contribution in [2.24, 2.45) is 5.41 Å². The van der Waals surface area contributed by atoms with Crippen LogP contribution in [0, 0.1) is 17.0 Å². The minimum Gasteiger partial charge on any atom is -0.337 e. The summed E-state index contributed by atoms with van der Waals surface area (Å²) < 4.78 is 26.4. The molecule has 134 valence electrons.